The Balaban J connectivity index is 0.00000400. The molecule has 2 N–H and O–H groups in total. The van der Waals surface area contributed by atoms with E-state index < -0.39 is 0 Å². The number of amides is 1. The van der Waals surface area contributed by atoms with Crippen LogP contribution in [0.3, 0.4) is 0 Å². The summed E-state index contributed by atoms with van der Waals surface area (Å²) in [6.07, 6.45) is 4.84. The van der Waals surface area contributed by atoms with Crippen molar-refractivity contribution in [3.8, 4) is 0 Å². The Morgan fingerprint density at radius 1 is 1.43 bits per heavy atom. The lowest BCUT2D eigenvalue weighted by Crippen LogP contribution is -2.49. The number of thioether (sulfide) groups is 1. The highest BCUT2D eigenvalue weighted by atomic mass is 127. The number of methoxy groups -OCH3 is 1. The standard InChI is InChI=1S/C13H26N4O2S.HI/c1-14-12(15-7-4-10-20-3)16-11-5-8-17(9-6-11)13(18)19-2;/h11H,4-10H2,1-3H3,(H2,14,15,16);1H. The molecule has 1 heterocycles. The summed E-state index contributed by atoms with van der Waals surface area (Å²) in [5.74, 6) is 2.00. The van der Waals surface area contributed by atoms with Crippen molar-refractivity contribution in [2.45, 2.75) is 25.3 Å². The predicted molar refractivity (Wildman–Crippen MR) is 99.9 cm³/mol. The quantitative estimate of drug-likeness (QED) is 0.301. The van der Waals surface area contributed by atoms with Gasteiger partial charge >= 0.3 is 6.09 Å². The molecule has 0 aromatic rings. The Morgan fingerprint density at radius 2 is 2.10 bits per heavy atom. The molecule has 0 radical (unpaired) electrons. The molecule has 8 heteroatoms. The van der Waals surface area contributed by atoms with E-state index in [0.717, 1.165) is 50.6 Å². The summed E-state index contributed by atoms with van der Waals surface area (Å²) in [4.78, 5) is 17.4. The number of halogens is 1. The molecule has 1 amide bonds. The second-order valence-electron chi connectivity index (χ2n) is 4.72. The molecule has 124 valence electrons. The van der Waals surface area contributed by atoms with Crippen LogP contribution in [0.15, 0.2) is 4.99 Å². The minimum Gasteiger partial charge on any atom is -0.453 e. The molecule has 0 atom stereocenters. The number of carbonyl (C=O) groups is 1. The Kier molecular flexibility index (Phi) is 12.0. The average molecular weight is 430 g/mol. The smallest absolute Gasteiger partial charge is 0.409 e. The van der Waals surface area contributed by atoms with E-state index in [4.69, 9.17) is 4.74 Å². The van der Waals surface area contributed by atoms with Crippen LogP contribution < -0.4 is 10.6 Å². The third-order valence-corrected chi connectivity index (χ3v) is 4.01. The molecule has 6 nitrogen and oxygen atoms in total. The third-order valence-electron chi connectivity index (χ3n) is 3.31. The lowest BCUT2D eigenvalue weighted by molar-refractivity contribution is 0.111. The topological polar surface area (TPSA) is 66.0 Å². The number of nitrogens with one attached hydrogen (secondary N) is 2. The van der Waals surface area contributed by atoms with Crippen LogP contribution in [0.1, 0.15) is 19.3 Å². The number of aliphatic imine (C=N–C) groups is 1. The van der Waals surface area contributed by atoms with Gasteiger partial charge in [-0.15, -0.1) is 24.0 Å². The average Bonchev–Trinajstić information content (AvgIpc) is 2.50. The van der Waals surface area contributed by atoms with Crippen LogP contribution in [0.25, 0.3) is 0 Å². The van der Waals surface area contributed by atoms with Gasteiger partial charge < -0.3 is 20.3 Å². The first-order chi connectivity index (χ1) is 9.71. The molecule has 0 aromatic heterocycles. The number of hydrogen-bond acceptors (Lipinski definition) is 4. The van der Waals surface area contributed by atoms with E-state index in [0.29, 0.717) is 6.04 Å². The highest BCUT2D eigenvalue weighted by Gasteiger charge is 2.23. The van der Waals surface area contributed by atoms with Crippen LogP contribution >= 0.6 is 35.7 Å². The highest BCUT2D eigenvalue weighted by Crippen LogP contribution is 2.11. The normalized spacial score (nSPS) is 16.1. The van der Waals surface area contributed by atoms with Gasteiger partial charge in [0.25, 0.3) is 0 Å². The molecule has 1 aliphatic rings. The molecule has 0 bridgehead atoms. The zero-order valence-corrected chi connectivity index (χ0v) is 16.2. The number of hydrogen-bond donors (Lipinski definition) is 2. The zero-order valence-electron chi connectivity index (χ0n) is 13.1. The van der Waals surface area contributed by atoms with E-state index in [1.807, 2.05) is 11.8 Å². The minimum absolute atomic E-state index is 0. The first kappa shape index (κ1) is 20.6. The minimum atomic E-state index is -0.233. The van der Waals surface area contributed by atoms with Crippen molar-refractivity contribution >= 4 is 47.8 Å². The maximum Gasteiger partial charge on any atom is 0.409 e. The van der Waals surface area contributed by atoms with E-state index >= 15 is 0 Å². The molecule has 0 spiro atoms. The molecule has 1 rings (SSSR count). The molecule has 1 fully saturated rings. The number of piperidine rings is 1. The van der Waals surface area contributed by atoms with Crippen molar-refractivity contribution in [1.82, 2.24) is 15.5 Å². The van der Waals surface area contributed by atoms with Gasteiger partial charge in [0.05, 0.1) is 7.11 Å². The molecule has 21 heavy (non-hydrogen) atoms. The first-order valence-corrected chi connectivity index (χ1v) is 8.39. The fraction of sp³-hybridized carbons (Fsp3) is 0.846. The zero-order chi connectivity index (χ0) is 14.8. The van der Waals surface area contributed by atoms with Crippen LogP contribution in [0.5, 0.6) is 0 Å². The van der Waals surface area contributed by atoms with E-state index in [-0.39, 0.29) is 30.1 Å². The van der Waals surface area contributed by atoms with Gasteiger partial charge in [-0.1, -0.05) is 0 Å². The fourth-order valence-electron chi connectivity index (χ4n) is 2.15. The first-order valence-electron chi connectivity index (χ1n) is 7.00. The van der Waals surface area contributed by atoms with Crippen LogP contribution in [0.2, 0.25) is 0 Å². The Morgan fingerprint density at radius 3 is 2.62 bits per heavy atom. The maximum atomic E-state index is 11.4. The van der Waals surface area contributed by atoms with E-state index in [2.05, 4.69) is 21.9 Å². The molecule has 1 saturated heterocycles. The maximum absolute atomic E-state index is 11.4. The Labute approximate surface area is 148 Å². The molecular formula is C13H27IN4O2S. The van der Waals surface area contributed by atoms with Crippen LogP contribution in [0.4, 0.5) is 4.79 Å². The lowest BCUT2D eigenvalue weighted by atomic mass is 10.1. The number of guanidine groups is 1. The van der Waals surface area contributed by atoms with Crippen molar-refractivity contribution in [2.24, 2.45) is 4.99 Å². The molecule has 0 unspecified atom stereocenters. The van der Waals surface area contributed by atoms with E-state index in [1.165, 1.54) is 7.11 Å². The largest absolute Gasteiger partial charge is 0.453 e. The SMILES string of the molecule is CN=C(NCCCSC)NC1CCN(C(=O)OC)CC1.I. The van der Waals surface area contributed by atoms with Crippen LogP contribution in [-0.2, 0) is 4.74 Å². The molecule has 0 saturated carbocycles. The summed E-state index contributed by atoms with van der Waals surface area (Å²) in [7, 11) is 3.21. The van der Waals surface area contributed by atoms with Gasteiger partial charge in [0.2, 0.25) is 0 Å². The number of rotatable bonds is 5. The number of nitrogens with zero attached hydrogens (tertiary/aromatic N) is 2. The van der Waals surface area contributed by atoms with Gasteiger partial charge in [-0.05, 0) is 31.3 Å². The predicted octanol–water partition coefficient (Wildman–Crippen LogP) is 1.75. The second kappa shape index (κ2) is 12.2. The number of likely N-dealkylation sites (tertiary alicyclic amines) is 1. The third kappa shape index (κ3) is 7.98. The molecular weight excluding hydrogens is 403 g/mol. The van der Waals surface area contributed by atoms with Gasteiger partial charge in [-0.25, -0.2) is 4.79 Å². The van der Waals surface area contributed by atoms with Gasteiger partial charge in [-0.3, -0.25) is 4.99 Å². The summed E-state index contributed by atoms with van der Waals surface area (Å²) < 4.78 is 4.73. The Bertz CT molecular complexity index is 323. The molecule has 0 aliphatic carbocycles. The molecule has 0 aromatic carbocycles. The second-order valence-corrected chi connectivity index (χ2v) is 5.71. The monoisotopic (exact) mass is 430 g/mol. The summed E-state index contributed by atoms with van der Waals surface area (Å²) in [6.45, 7) is 2.39. The van der Waals surface area contributed by atoms with Crippen molar-refractivity contribution in [3.05, 3.63) is 0 Å². The summed E-state index contributed by atoms with van der Waals surface area (Å²) in [5, 5.41) is 6.73. The highest BCUT2D eigenvalue weighted by molar-refractivity contribution is 14.0. The van der Waals surface area contributed by atoms with Gasteiger partial charge in [0.15, 0.2) is 5.96 Å². The van der Waals surface area contributed by atoms with Gasteiger partial charge in [-0.2, -0.15) is 11.8 Å². The van der Waals surface area contributed by atoms with Crippen molar-refractivity contribution in [3.63, 3.8) is 0 Å². The van der Waals surface area contributed by atoms with Crippen LogP contribution in [-0.4, -0.2) is 68.8 Å². The number of ether oxygens (including phenoxy) is 1. The van der Waals surface area contributed by atoms with Crippen molar-refractivity contribution in [1.29, 1.82) is 0 Å². The summed E-state index contributed by atoms with van der Waals surface area (Å²) in [5.41, 5.74) is 0. The summed E-state index contributed by atoms with van der Waals surface area (Å²) in [6, 6.07) is 0.364. The van der Waals surface area contributed by atoms with Gasteiger partial charge in [0.1, 0.15) is 0 Å². The Hall–Kier alpha value is -0.380. The number of carbonyl (C=O) groups excluding carboxylic acids is 1. The van der Waals surface area contributed by atoms with Gasteiger partial charge in [0, 0.05) is 32.7 Å². The molecule has 1 aliphatic heterocycles. The lowest BCUT2D eigenvalue weighted by Gasteiger charge is -2.32. The fourth-order valence-corrected chi connectivity index (χ4v) is 2.58. The van der Waals surface area contributed by atoms with Crippen molar-refractivity contribution < 1.29 is 9.53 Å². The van der Waals surface area contributed by atoms with E-state index in [9.17, 15) is 4.79 Å². The van der Waals surface area contributed by atoms with Crippen LogP contribution in [0, 0.1) is 0 Å². The van der Waals surface area contributed by atoms with E-state index in [1.54, 1.807) is 11.9 Å². The summed E-state index contributed by atoms with van der Waals surface area (Å²) >= 11 is 1.85. The van der Waals surface area contributed by atoms with Crippen molar-refractivity contribution in [2.75, 3.05) is 45.8 Å².